The van der Waals surface area contributed by atoms with E-state index in [1.165, 1.54) is 35.2 Å². The van der Waals surface area contributed by atoms with E-state index >= 15 is 0 Å². The average molecular weight is 463 g/mol. The zero-order valence-electron chi connectivity index (χ0n) is 18.0. The molecule has 0 aliphatic carbocycles. The summed E-state index contributed by atoms with van der Waals surface area (Å²) in [6, 6.07) is 15.5. The number of hydrogen-bond acceptors (Lipinski definition) is 4. The number of fused-ring (bicyclic) bond motifs is 1. The summed E-state index contributed by atoms with van der Waals surface area (Å²) in [4.78, 5) is 53.1. The van der Waals surface area contributed by atoms with Crippen molar-refractivity contribution >= 4 is 35.0 Å². The lowest BCUT2D eigenvalue weighted by Crippen LogP contribution is -2.38. The fourth-order valence-electron chi connectivity index (χ4n) is 3.68. The van der Waals surface area contributed by atoms with Gasteiger partial charge in [0.1, 0.15) is 23.9 Å². The predicted octanol–water partition coefficient (Wildman–Crippen LogP) is 3.87. The normalized spacial score (nSPS) is 12.5. The van der Waals surface area contributed by atoms with Gasteiger partial charge in [0.25, 0.3) is 17.7 Å². The third kappa shape index (κ3) is 4.15. The molecule has 0 saturated heterocycles. The number of imide groups is 1. The van der Waals surface area contributed by atoms with E-state index in [0.29, 0.717) is 0 Å². The molecule has 172 valence electrons. The van der Waals surface area contributed by atoms with Gasteiger partial charge in [-0.2, -0.15) is 0 Å². The van der Waals surface area contributed by atoms with E-state index in [4.69, 9.17) is 0 Å². The third-order valence-electron chi connectivity index (χ3n) is 5.38. The highest BCUT2D eigenvalue weighted by atomic mass is 19.1. The van der Waals surface area contributed by atoms with Crippen LogP contribution in [0.5, 0.6) is 0 Å². The second-order valence-corrected chi connectivity index (χ2v) is 7.51. The van der Waals surface area contributed by atoms with Crippen LogP contribution in [0.15, 0.2) is 66.7 Å². The minimum absolute atomic E-state index is 0.128. The van der Waals surface area contributed by atoms with Crippen molar-refractivity contribution in [3.63, 3.8) is 0 Å². The van der Waals surface area contributed by atoms with Crippen LogP contribution in [0.2, 0.25) is 0 Å². The molecule has 1 aliphatic rings. The van der Waals surface area contributed by atoms with Crippen molar-refractivity contribution in [3.05, 3.63) is 95.1 Å². The molecule has 0 atom stereocenters. The molecule has 4 amide bonds. The van der Waals surface area contributed by atoms with Crippen molar-refractivity contribution in [3.8, 4) is 0 Å². The molecule has 0 aromatic heterocycles. The minimum atomic E-state index is -0.934. The molecule has 9 heteroatoms. The number of carbonyl (C=O) groups excluding carboxylic acids is 4. The number of carbonyl (C=O) groups is 4. The van der Waals surface area contributed by atoms with E-state index in [0.717, 1.165) is 17.0 Å². The van der Waals surface area contributed by atoms with Gasteiger partial charge in [-0.25, -0.2) is 13.7 Å². The van der Waals surface area contributed by atoms with Gasteiger partial charge >= 0.3 is 0 Å². The largest absolute Gasteiger partial charge is 0.330 e. The number of halogens is 2. The molecule has 34 heavy (non-hydrogen) atoms. The zero-order chi connectivity index (χ0) is 24.4. The van der Waals surface area contributed by atoms with Gasteiger partial charge in [0, 0.05) is 12.1 Å². The number of nitrogens with one attached hydrogen (secondary N) is 1. The Bertz CT molecular complexity index is 1270. The van der Waals surface area contributed by atoms with Crippen molar-refractivity contribution in [1.29, 1.82) is 0 Å². The minimum Gasteiger partial charge on any atom is -0.330 e. The molecule has 3 aromatic carbocycles. The Morgan fingerprint density at radius 1 is 0.882 bits per heavy atom. The molecule has 0 bridgehead atoms. The molecule has 4 rings (SSSR count). The second-order valence-electron chi connectivity index (χ2n) is 7.51. The highest BCUT2D eigenvalue weighted by Crippen LogP contribution is 2.29. The molecule has 0 saturated carbocycles. The van der Waals surface area contributed by atoms with Crippen molar-refractivity contribution < 1.29 is 28.0 Å². The SMILES string of the molecule is CCN(CC(=O)Nc1c(F)cccc1F)C(=O)c1cccc(N2C(=O)c3ccccc3C2=O)c1. The number of amides is 4. The van der Waals surface area contributed by atoms with Crippen LogP contribution >= 0.6 is 0 Å². The zero-order valence-corrected chi connectivity index (χ0v) is 18.0. The van der Waals surface area contributed by atoms with Gasteiger partial charge < -0.3 is 10.2 Å². The first kappa shape index (κ1) is 22.8. The molecule has 1 aliphatic heterocycles. The molecule has 0 fully saturated rings. The van der Waals surface area contributed by atoms with Crippen LogP contribution < -0.4 is 10.2 Å². The van der Waals surface area contributed by atoms with Crippen LogP contribution in [-0.2, 0) is 4.79 Å². The second kappa shape index (κ2) is 9.22. The van der Waals surface area contributed by atoms with Gasteiger partial charge in [0.2, 0.25) is 5.91 Å². The summed E-state index contributed by atoms with van der Waals surface area (Å²) in [5.41, 5.74) is 0.309. The van der Waals surface area contributed by atoms with E-state index in [1.54, 1.807) is 31.2 Å². The summed E-state index contributed by atoms with van der Waals surface area (Å²) < 4.78 is 27.6. The van der Waals surface area contributed by atoms with Crippen LogP contribution in [0.25, 0.3) is 0 Å². The van der Waals surface area contributed by atoms with Gasteiger partial charge in [0.05, 0.1) is 16.8 Å². The smallest absolute Gasteiger partial charge is 0.266 e. The van der Waals surface area contributed by atoms with Crippen LogP contribution in [0, 0.1) is 11.6 Å². The fourth-order valence-corrected chi connectivity index (χ4v) is 3.68. The summed E-state index contributed by atoms with van der Waals surface area (Å²) in [7, 11) is 0. The number of likely N-dealkylation sites (N-methyl/N-ethyl adjacent to an activating group) is 1. The number of benzene rings is 3. The summed E-state index contributed by atoms with van der Waals surface area (Å²) >= 11 is 0. The highest BCUT2D eigenvalue weighted by molar-refractivity contribution is 6.34. The first-order chi connectivity index (χ1) is 16.3. The lowest BCUT2D eigenvalue weighted by Gasteiger charge is -2.21. The Morgan fingerprint density at radius 2 is 1.47 bits per heavy atom. The predicted molar refractivity (Wildman–Crippen MR) is 121 cm³/mol. The summed E-state index contributed by atoms with van der Waals surface area (Å²) in [5.74, 6) is -4.19. The Balaban J connectivity index is 1.53. The maximum absolute atomic E-state index is 13.8. The molecular weight excluding hydrogens is 444 g/mol. The molecule has 1 heterocycles. The van der Waals surface area contributed by atoms with E-state index in [-0.39, 0.29) is 28.9 Å². The standard InChI is InChI=1S/C25H19F2N3O4/c1-2-29(14-21(31)28-22-19(26)11-6-12-20(22)27)23(32)15-7-5-8-16(13-15)30-24(33)17-9-3-4-10-18(17)25(30)34/h3-13H,2,14H2,1H3,(H,28,31). The maximum atomic E-state index is 13.8. The molecular formula is C25H19F2N3O4. The number of anilines is 2. The van der Waals surface area contributed by atoms with E-state index in [1.807, 2.05) is 0 Å². The Morgan fingerprint density at radius 3 is 2.06 bits per heavy atom. The van der Waals surface area contributed by atoms with E-state index in [2.05, 4.69) is 5.32 Å². The van der Waals surface area contributed by atoms with Crippen LogP contribution in [0.3, 0.4) is 0 Å². The topological polar surface area (TPSA) is 86.8 Å². The summed E-state index contributed by atoms with van der Waals surface area (Å²) in [6.45, 7) is 1.31. The maximum Gasteiger partial charge on any atom is 0.266 e. The molecule has 0 radical (unpaired) electrons. The molecule has 0 unspecified atom stereocenters. The van der Waals surface area contributed by atoms with Crippen LogP contribution in [-0.4, -0.2) is 41.6 Å². The molecule has 3 aromatic rings. The van der Waals surface area contributed by atoms with Crippen LogP contribution in [0.1, 0.15) is 38.0 Å². The molecule has 7 nitrogen and oxygen atoms in total. The number of hydrogen-bond donors (Lipinski definition) is 1. The molecule has 0 spiro atoms. The Kier molecular flexibility index (Phi) is 6.18. The average Bonchev–Trinajstić information content (AvgIpc) is 3.09. The first-order valence-corrected chi connectivity index (χ1v) is 10.4. The van der Waals surface area contributed by atoms with Crippen LogP contribution in [0.4, 0.5) is 20.2 Å². The van der Waals surface area contributed by atoms with Gasteiger partial charge in [0.15, 0.2) is 0 Å². The lowest BCUT2D eigenvalue weighted by molar-refractivity contribution is -0.116. The lowest BCUT2D eigenvalue weighted by atomic mass is 10.1. The quantitative estimate of drug-likeness (QED) is 0.563. The molecule has 1 N–H and O–H groups in total. The van der Waals surface area contributed by atoms with Crippen molar-refractivity contribution in [2.45, 2.75) is 6.92 Å². The first-order valence-electron chi connectivity index (χ1n) is 10.4. The number of rotatable bonds is 6. The number of nitrogens with zero attached hydrogens (tertiary/aromatic N) is 2. The number of para-hydroxylation sites is 1. The highest BCUT2D eigenvalue weighted by Gasteiger charge is 2.36. The van der Waals surface area contributed by atoms with Crippen molar-refractivity contribution in [2.24, 2.45) is 0 Å². The van der Waals surface area contributed by atoms with Crippen molar-refractivity contribution in [2.75, 3.05) is 23.3 Å². The van der Waals surface area contributed by atoms with E-state index < -0.39 is 47.5 Å². The van der Waals surface area contributed by atoms with Gasteiger partial charge in [-0.3, -0.25) is 19.2 Å². The fraction of sp³-hybridized carbons (Fsp3) is 0.120. The van der Waals surface area contributed by atoms with E-state index in [9.17, 15) is 28.0 Å². The van der Waals surface area contributed by atoms with Gasteiger partial charge in [-0.05, 0) is 49.4 Å². The van der Waals surface area contributed by atoms with Gasteiger partial charge in [-0.15, -0.1) is 0 Å². The summed E-state index contributed by atoms with van der Waals surface area (Å²) in [5, 5.41) is 2.15. The van der Waals surface area contributed by atoms with Gasteiger partial charge in [-0.1, -0.05) is 24.3 Å². The third-order valence-corrected chi connectivity index (χ3v) is 5.38. The summed E-state index contributed by atoms with van der Waals surface area (Å²) in [6.07, 6.45) is 0. The van der Waals surface area contributed by atoms with Crippen molar-refractivity contribution in [1.82, 2.24) is 4.90 Å². The Labute approximate surface area is 193 Å². The monoisotopic (exact) mass is 463 g/mol. The Hall–Kier alpha value is -4.40.